The maximum absolute atomic E-state index is 12.8. The Hall–Kier alpha value is -1.45. The number of hydrogen-bond donors (Lipinski definition) is 0. The number of halogens is 2. The average Bonchev–Trinajstić information content (AvgIpc) is 2.56. The summed E-state index contributed by atoms with van der Waals surface area (Å²) in [6.45, 7) is 3.78. The fraction of sp³-hybridized carbons (Fsp3) is 0.364. The molecule has 4 heteroatoms. The number of pyridine rings is 1. The lowest BCUT2D eigenvalue weighted by atomic mass is 10.1. The number of hydrogen-bond acceptors (Lipinski definition) is 1. The molecule has 0 saturated carbocycles. The standard InChI is InChI=1S/C11H12F2N2/c1-7(2)10-9(11(12)13)14-8-5-3-4-6-15(8)10/h3-7,11H,1-2H3. The molecule has 0 radical (unpaired) electrons. The summed E-state index contributed by atoms with van der Waals surface area (Å²) in [6, 6.07) is 5.34. The van der Waals surface area contributed by atoms with E-state index in [1.165, 1.54) is 0 Å². The van der Waals surface area contributed by atoms with Crippen LogP contribution in [0.5, 0.6) is 0 Å². The molecule has 0 atom stereocenters. The van der Waals surface area contributed by atoms with Crippen molar-refractivity contribution in [2.45, 2.75) is 26.2 Å². The molecule has 2 nitrogen and oxygen atoms in total. The highest BCUT2D eigenvalue weighted by molar-refractivity contribution is 5.44. The smallest absolute Gasteiger partial charge is 0.282 e. The van der Waals surface area contributed by atoms with Crippen LogP contribution in [-0.2, 0) is 0 Å². The SMILES string of the molecule is CC(C)c1c(C(F)F)nc2ccccn12. The Kier molecular flexibility index (Phi) is 2.42. The van der Waals surface area contributed by atoms with Gasteiger partial charge in [-0.1, -0.05) is 19.9 Å². The van der Waals surface area contributed by atoms with Crippen molar-refractivity contribution in [1.29, 1.82) is 0 Å². The van der Waals surface area contributed by atoms with Gasteiger partial charge >= 0.3 is 0 Å². The van der Waals surface area contributed by atoms with Crippen LogP contribution in [0.15, 0.2) is 24.4 Å². The highest BCUT2D eigenvalue weighted by atomic mass is 19.3. The topological polar surface area (TPSA) is 17.3 Å². The van der Waals surface area contributed by atoms with E-state index in [-0.39, 0.29) is 11.6 Å². The van der Waals surface area contributed by atoms with Crippen LogP contribution in [0.3, 0.4) is 0 Å². The molecule has 0 bridgehead atoms. The Morgan fingerprint density at radius 1 is 1.27 bits per heavy atom. The summed E-state index contributed by atoms with van der Waals surface area (Å²) in [6.07, 6.45) is -0.744. The van der Waals surface area contributed by atoms with E-state index >= 15 is 0 Å². The Bertz CT molecular complexity index is 474. The second-order valence-electron chi connectivity index (χ2n) is 3.77. The van der Waals surface area contributed by atoms with Crippen molar-refractivity contribution < 1.29 is 8.78 Å². The molecule has 0 saturated heterocycles. The monoisotopic (exact) mass is 210 g/mol. The maximum atomic E-state index is 12.8. The number of rotatable bonds is 2. The van der Waals surface area contributed by atoms with Crippen molar-refractivity contribution in [3.8, 4) is 0 Å². The summed E-state index contributed by atoms with van der Waals surface area (Å²) in [5.74, 6) is 0.0337. The molecular weight excluding hydrogens is 198 g/mol. The van der Waals surface area contributed by atoms with Crippen molar-refractivity contribution >= 4 is 5.65 Å². The van der Waals surface area contributed by atoms with E-state index in [1.807, 2.05) is 19.9 Å². The largest absolute Gasteiger partial charge is 0.303 e. The molecule has 15 heavy (non-hydrogen) atoms. The molecular formula is C11H12F2N2. The second-order valence-corrected chi connectivity index (χ2v) is 3.77. The van der Waals surface area contributed by atoms with Gasteiger partial charge in [-0.3, -0.25) is 0 Å². The molecule has 0 amide bonds. The minimum atomic E-state index is -2.51. The van der Waals surface area contributed by atoms with Crippen LogP contribution in [0.2, 0.25) is 0 Å². The predicted molar refractivity (Wildman–Crippen MR) is 54.2 cm³/mol. The van der Waals surface area contributed by atoms with Crippen molar-refractivity contribution in [1.82, 2.24) is 9.38 Å². The zero-order chi connectivity index (χ0) is 11.0. The van der Waals surface area contributed by atoms with Crippen LogP contribution in [-0.4, -0.2) is 9.38 Å². The first-order chi connectivity index (χ1) is 7.11. The minimum absolute atomic E-state index is 0.0337. The molecule has 2 aromatic rings. The lowest BCUT2D eigenvalue weighted by molar-refractivity contribution is 0.145. The Balaban J connectivity index is 2.75. The van der Waals surface area contributed by atoms with E-state index in [4.69, 9.17) is 0 Å². The normalized spacial score (nSPS) is 11.9. The van der Waals surface area contributed by atoms with Gasteiger partial charge in [-0.05, 0) is 18.1 Å². The van der Waals surface area contributed by atoms with E-state index in [0.29, 0.717) is 11.3 Å². The van der Waals surface area contributed by atoms with Crippen LogP contribution in [0.4, 0.5) is 8.78 Å². The van der Waals surface area contributed by atoms with Gasteiger partial charge in [0.25, 0.3) is 6.43 Å². The first-order valence-corrected chi connectivity index (χ1v) is 4.86. The predicted octanol–water partition coefficient (Wildman–Crippen LogP) is 3.40. The van der Waals surface area contributed by atoms with Gasteiger partial charge in [-0.15, -0.1) is 0 Å². The van der Waals surface area contributed by atoms with Gasteiger partial charge in [0.2, 0.25) is 0 Å². The molecule has 0 spiro atoms. The number of aromatic nitrogens is 2. The van der Waals surface area contributed by atoms with E-state index < -0.39 is 6.43 Å². The van der Waals surface area contributed by atoms with E-state index in [1.54, 1.807) is 22.7 Å². The Morgan fingerprint density at radius 2 is 2.00 bits per heavy atom. The molecule has 0 aliphatic heterocycles. The number of fused-ring (bicyclic) bond motifs is 1. The molecule has 0 aliphatic carbocycles. The van der Waals surface area contributed by atoms with Gasteiger partial charge in [0.05, 0.1) is 5.69 Å². The third-order valence-corrected chi connectivity index (χ3v) is 2.35. The van der Waals surface area contributed by atoms with Crippen LogP contribution in [0, 0.1) is 0 Å². The summed E-state index contributed by atoms with van der Waals surface area (Å²) < 4.78 is 27.2. The minimum Gasteiger partial charge on any atom is -0.303 e. The van der Waals surface area contributed by atoms with Crippen LogP contribution in [0.25, 0.3) is 5.65 Å². The van der Waals surface area contributed by atoms with Gasteiger partial charge in [0, 0.05) is 6.20 Å². The molecule has 2 aromatic heterocycles. The molecule has 2 heterocycles. The van der Waals surface area contributed by atoms with Gasteiger partial charge < -0.3 is 4.40 Å². The molecule has 80 valence electrons. The first kappa shape index (κ1) is 10.1. The molecule has 0 unspecified atom stereocenters. The number of alkyl halides is 2. The molecule has 0 N–H and O–H groups in total. The Morgan fingerprint density at radius 3 is 2.60 bits per heavy atom. The second kappa shape index (κ2) is 3.61. The van der Waals surface area contributed by atoms with Gasteiger partial charge in [0.15, 0.2) is 0 Å². The zero-order valence-corrected chi connectivity index (χ0v) is 8.61. The highest BCUT2D eigenvalue weighted by Gasteiger charge is 2.21. The third kappa shape index (κ3) is 1.60. The summed E-state index contributed by atoms with van der Waals surface area (Å²) >= 11 is 0. The third-order valence-electron chi connectivity index (χ3n) is 2.35. The average molecular weight is 210 g/mol. The summed E-state index contributed by atoms with van der Waals surface area (Å²) in [5, 5.41) is 0. The molecule has 2 rings (SSSR count). The summed E-state index contributed by atoms with van der Waals surface area (Å²) in [4.78, 5) is 3.95. The number of nitrogens with zero attached hydrogens (tertiary/aromatic N) is 2. The van der Waals surface area contributed by atoms with Crippen molar-refractivity contribution in [2.24, 2.45) is 0 Å². The lowest BCUT2D eigenvalue weighted by Gasteiger charge is -2.07. The van der Waals surface area contributed by atoms with Gasteiger partial charge in [-0.2, -0.15) is 0 Å². The highest BCUT2D eigenvalue weighted by Crippen LogP contribution is 2.28. The molecule has 0 fully saturated rings. The van der Waals surface area contributed by atoms with Crippen LogP contribution >= 0.6 is 0 Å². The van der Waals surface area contributed by atoms with Gasteiger partial charge in [-0.25, -0.2) is 13.8 Å². The molecule has 0 aliphatic rings. The number of imidazole rings is 1. The van der Waals surface area contributed by atoms with E-state index in [0.717, 1.165) is 0 Å². The van der Waals surface area contributed by atoms with Crippen molar-refractivity contribution in [3.05, 3.63) is 35.8 Å². The van der Waals surface area contributed by atoms with Crippen molar-refractivity contribution in [2.75, 3.05) is 0 Å². The fourth-order valence-corrected chi connectivity index (χ4v) is 1.77. The quantitative estimate of drug-likeness (QED) is 0.742. The lowest BCUT2D eigenvalue weighted by Crippen LogP contribution is -1.99. The zero-order valence-electron chi connectivity index (χ0n) is 8.61. The van der Waals surface area contributed by atoms with Gasteiger partial charge in [0.1, 0.15) is 11.3 Å². The fourth-order valence-electron chi connectivity index (χ4n) is 1.77. The Labute approximate surface area is 86.6 Å². The molecule has 0 aromatic carbocycles. The van der Waals surface area contributed by atoms with Crippen molar-refractivity contribution in [3.63, 3.8) is 0 Å². The van der Waals surface area contributed by atoms with E-state index in [9.17, 15) is 8.78 Å². The maximum Gasteiger partial charge on any atom is 0.282 e. The summed E-state index contributed by atoms with van der Waals surface area (Å²) in [7, 11) is 0. The van der Waals surface area contributed by atoms with E-state index in [2.05, 4.69) is 4.98 Å². The first-order valence-electron chi connectivity index (χ1n) is 4.86. The summed E-state index contributed by atoms with van der Waals surface area (Å²) in [5.41, 5.74) is 1.08. The van der Waals surface area contributed by atoms with Crippen LogP contribution < -0.4 is 0 Å². The van der Waals surface area contributed by atoms with Crippen LogP contribution in [0.1, 0.15) is 37.6 Å².